The monoisotopic (exact) mass is 515 g/mol. The molecule has 0 spiro atoms. The topological polar surface area (TPSA) is 55.4 Å². The van der Waals surface area contributed by atoms with Gasteiger partial charge in [-0.05, 0) is 65.7 Å². The third-order valence-electron chi connectivity index (χ3n) is 4.89. The van der Waals surface area contributed by atoms with Crippen LogP contribution in [-0.4, -0.2) is 80.3 Å². The molecular weight excluding hydrogens is 444 g/mol. The normalized spacial score (nSPS) is 11.7. The fourth-order valence-electron chi connectivity index (χ4n) is 1.12. The molecule has 0 saturated carbocycles. The standard InChI is InChI=1S/2C6H14O.2C5H12O.C4H10O.C3H8O/c1-5-6(2,3)7-4;1-5(2)6(3)7-4;1-5(2)4-6-3;1-4-5(2)6-3;1-3-4-5-2;1-3-4-2/h5H2,1-4H3;5-6H,1-4H3;2*5H,4H2,1-3H3;3-4H2,1-2H3;3H2,1-2H3. The van der Waals surface area contributed by atoms with Crippen molar-refractivity contribution >= 4 is 0 Å². The van der Waals surface area contributed by atoms with E-state index in [-0.39, 0.29) is 5.60 Å². The molecule has 0 bridgehead atoms. The molecule has 0 aromatic carbocycles. The molecule has 0 N–H and O–H groups in total. The Morgan fingerprint density at radius 2 is 1.11 bits per heavy atom. The van der Waals surface area contributed by atoms with Gasteiger partial charge in [0.2, 0.25) is 0 Å². The number of hydrogen-bond donors (Lipinski definition) is 0. The minimum Gasteiger partial charge on any atom is -0.385 e. The van der Waals surface area contributed by atoms with Gasteiger partial charge >= 0.3 is 0 Å². The molecule has 35 heavy (non-hydrogen) atoms. The summed E-state index contributed by atoms with van der Waals surface area (Å²) in [5.41, 5.74) is 0.0833. The van der Waals surface area contributed by atoms with E-state index >= 15 is 0 Å². The van der Waals surface area contributed by atoms with Crippen LogP contribution in [0.5, 0.6) is 0 Å². The van der Waals surface area contributed by atoms with Gasteiger partial charge in [0, 0.05) is 62.5 Å². The molecule has 2 atom stereocenters. The Bertz CT molecular complexity index is 296. The van der Waals surface area contributed by atoms with Crippen LogP contribution in [-0.2, 0) is 28.4 Å². The fourth-order valence-corrected chi connectivity index (χ4v) is 1.12. The SMILES string of the molecule is CCC(C)(C)OC.CCC(C)OC.CCCOC.CCOC.COC(C)C(C)C.COCC(C)C. The van der Waals surface area contributed by atoms with Crippen LogP contribution in [0.15, 0.2) is 0 Å². The largest absolute Gasteiger partial charge is 0.385 e. The first-order chi connectivity index (χ1) is 16.2. The Morgan fingerprint density at radius 1 is 0.657 bits per heavy atom. The predicted octanol–water partition coefficient (Wildman–Crippen LogP) is 7.91. The number of ether oxygens (including phenoxy) is 6. The van der Waals surface area contributed by atoms with Crippen molar-refractivity contribution in [1.29, 1.82) is 0 Å². The summed E-state index contributed by atoms with van der Waals surface area (Å²) in [4.78, 5) is 0. The highest BCUT2D eigenvalue weighted by molar-refractivity contribution is 4.62. The van der Waals surface area contributed by atoms with Gasteiger partial charge in [0.15, 0.2) is 0 Å². The van der Waals surface area contributed by atoms with E-state index in [2.05, 4.69) is 80.9 Å². The average molecular weight is 515 g/mol. The molecule has 0 aromatic rings. The molecule has 0 aliphatic heterocycles. The van der Waals surface area contributed by atoms with Crippen LogP contribution in [0.1, 0.15) is 102 Å². The van der Waals surface area contributed by atoms with Crippen molar-refractivity contribution in [3.63, 3.8) is 0 Å². The van der Waals surface area contributed by atoms with Gasteiger partial charge in [-0.2, -0.15) is 0 Å². The molecule has 0 saturated heterocycles. The van der Waals surface area contributed by atoms with Gasteiger partial charge in [-0.3, -0.25) is 0 Å². The van der Waals surface area contributed by atoms with Crippen molar-refractivity contribution in [1.82, 2.24) is 0 Å². The molecule has 0 fully saturated rings. The summed E-state index contributed by atoms with van der Waals surface area (Å²) in [6.07, 6.45) is 4.14. The molecule has 0 aliphatic rings. The molecular formula is C29H70O6. The van der Waals surface area contributed by atoms with Gasteiger partial charge in [0.25, 0.3) is 0 Å². The van der Waals surface area contributed by atoms with E-state index in [0.717, 1.165) is 39.1 Å². The molecule has 0 rings (SSSR count). The molecule has 0 heterocycles. The first-order valence-corrected chi connectivity index (χ1v) is 13.3. The van der Waals surface area contributed by atoms with Crippen LogP contribution in [0.3, 0.4) is 0 Å². The van der Waals surface area contributed by atoms with Crippen LogP contribution in [0.25, 0.3) is 0 Å². The summed E-state index contributed by atoms with van der Waals surface area (Å²) in [6.45, 7) is 27.7. The predicted molar refractivity (Wildman–Crippen MR) is 156 cm³/mol. The van der Waals surface area contributed by atoms with Crippen LogP contribution in [0.4, 0.5) is 0 Å². The lowest BCUT2D eigenvalue weighted by Gasteiger charge is -2.19. The van der Waals surface area contributed by atoms with E-state index in [9.17, 15) is 0 Å². The van der Waals surface area contributed by atoms with E-state index in [1.165, 1.54) is 0 Å². The summed E-state index contributed by atoms with van der Waals surface area (Å²) in [5, 5.41) is 0. The summed E-state index contributed by atoms with van der Waals surface area (Å²) in [6, 6.07) is 0. The van der Waals surface area contributed by atoms with Crippen molar-refractivity contribution in [2.24, 2.45) is 11.8 Å². The summed E-state index contributed by atoms with van der Waals surface area (Å²) >= 11 is 0. The minimum atomic E-state index is 0.0833. The van der Waals surface area contributed by atoms with Crippen molar-refractivity contribution in [3.05, 3.63) is 0 Å². The van der Waals surface area contributed by atoms with E-state index in [4.69, 9.17) is 23.7 Å². The van der Waals surface area contributed by atoms with Crippen LogP contribution < -0.4 is 0 Å². The smallest absolute Gasteiger partial charge is 0.0620 e. The Balaban J connectivity index is -0.0000000728. The van der Waals surface area contributed by atoms with Gasteiger partial charge in [-0.25, -0.2) is 0 Å². The molecule has 6 heteroatoms. The maximum absolute atomic E-state index is 5.09. The summed E-state index contributed by atoms with van der Waals surface area (Å²) < 4.78 is 29.0. The van der Waals surface area contributed by atoms with E-state index < -0.39 is 0 Å². The zero-order chi connectivity index (χ0) is 29.3. The van der Waals surface area contributed by atoms with E-state index in [0.29, 0.717) is 24.0 Å². The average Bonchev–Trinajstić information content (AvgIpc) is 2.84. The van der Waals surface area contributed by atoms with Crippen molar-refractivity contribution in [3.8, 4) is 0 Å². The first kappa shape index (κ1) is 47.9. The lowest BCUT2D eigenvalue weighted by Crippen LogP contribution is -2.20. The van der Waals surface area contributed by atoms with Crippen molar-refractivity contribution in [2.45, 2.75) is 120 Å². The van der Waals surface area contributed by atoms with Gasteiger partial charge in [0.05, 0.1) is 17.8 Å². The zero-order valence-electron chi connectivity index (χ0n) is 27.5. The zero-order valence-corrected chi connectivity index (χ0v) is 27.5. The molecule has 2 unspecified atom stereocenters. The van der Waals surface area contributed by atoms with Crippen LogP contribution >= 0.6 is 0 Å². The van der Waals surface area contributed by atoms with Gasteiger partial charge in [-0.1, -0.05) is 48.5 Å². The first-order valence-electron chi connectivity index (χ1n) is 13.3. The molecule has 0 radical (unpaired) electrons. The molecule has 0 aliphatic carbocycles. The van der Waals surface area contributed by atoms with Crippen LogP contribution in [0, 0.1) is 11.8 Å². The van der Waals surface area contributed by atoms with Crippen molar-refractivity contribution in [2.75, 3.05) is 62.5 Å². The fraction of sp³-hybridized carbons (Fsp3) is 1.00. The molecule has 6 nitrogen and oxygen atoms in total. The van der Waals surface area contributed by atoms with Crippen molar-refractivity contribution < 1.29 is 28.4 Å². The highest BCUT2D eigenvalue weighted by Crippen LogP contribution is 2.10. The number of rotatable bonds is 11. The Hall–Kier alpha value is -0.240. The van der Waals surface area contributed by atoms with E-state index in [1.807, 2.05) is 6.92 Å². The Morgan fingerprint density at radius 3 is 1.11 bits per heavy atom. The second-order valence-electron chi connectivity index (χ2n) is 9.38. The maximum Gasteiger partial charge on any atom is 0.0620 e. The summed E-state index contributed by atoms with van der Waals surface area (Å²) in [7, 11) is 10.3. The van der Waals surface area contributed by atoms with Crippen LogP contribution in [0.2, 0.25) is 0 Å². The molecule has 0 aromatic heterocycles. The van der Waals surface area contributed by atoms with Gasteiger partial charge < -0.3 is 28.4 Å². The molecule has 0 amide bonds. The second-order valence-corrected chi connectivity index (χ2v) is 9.38. The highest BCUT2D eigenvalue weighted by Gasteiger charge is 2.10. The molecule has 222 valence electrons. The Kier molecular flexibility index (Phi) is 56.0. The highest BCUT2D eigenvalue weighted by atomic mass is 16.5. The number of methoxy groups -OCH3 is 6. The maximum atomic E-state index is 5.09. The lowest BCUT2D eigenvalue weighted by molar-refractivity contribution is 0.0196. The van der Waals surface area contributed by atoms with Gasteiger partial charge in [-0.15, -0.1) is 0 Å². The second kappa shape index (κ2) is 40.9. The minimum absolute atomic E-state index is 0.0833. The third-order valence-corrected chi connectivity index (χ3v) is 4.89. The summed E-state index contributed by atoms with van der Waals surface area (Å²) in [5.74, 6) is 1.32. The van der Waals surface area contributed by atoms with Gasteiger partial charge in [0.1, 0.15) is 0 Å². The third kappa shape index (κ3) is 71.9. The lowest BCUT2D eigenvalue weighted by atomic mass is 10.1. The number of hydrogen-bond acceptors (Lipinski definition) is 6. The van der Waals surface area contributed by atoms with E-state index in [1.54, 1.807) is 42.7 Å². The Labute approximate surface area is 223 Å². The quantitative estimate of drug-likeness (QED) is 0.279.